The topological polar surface area (TPSA) is 24.1 Å². The summed E-state index contributed by atoms with van der Waals surface area (Å²) in [5.41, 5.74) is 4.72. The number of nitrogens with one attached hydrogen (secondary N) is 2. The van der Waals surface area contributed by atoms with E-state index in [9.17, 15) is 0 Å². The Kier molecular flexibility index (Phi) is 6.41. The second kappa shape index (κ2) is 8.54. The minimum absolute atomic E-state index is 0.620. The minimum Gasteiger partial charge on any atom is -0.332 e. The van der Waals surface area contributed by atoms with Gasteiger partial charge in [0.15, 0.2) is 5.11 Å². The third kappa shape index (κ3) is 5.15. The SMILES string of the molecule is CCCCc1ccc(NC(=S)Nc2cccc(CC)c2)cc1. The number of hydrogen-bond acceptors (Lipinski definition) is 1. The molecule has 2 aromatic rings. The average Bonchev–Trinajstić information content (AvgIpc) is 2.54. The lowest BCUT2D eigenvalue weighted by Crippen LogP contribution is -2.19. The molecular formula is C19H24N2S. The van der Waals surface area contributed by atoms with Crippen LogP contribution in [0.3, 0.4) is 0 Å². The van der Waals surface area contributed by atoms with Crippen LogP contribution >= 0.6 is 12.2 Å². The van der Waals surface area contributed by atoms with E-state index in [4.69, 9.17) is 12.2 Å². The maximum absolute atomic E-state index is 5.38. The van der Waals surface area contributed by atoms with Crippen LogP contribution in [0.1, 0.15) is 37.8 Å². The van der Waals surface area contributed by atoms with E-state index in [1.807, 2.05) is 12.1 Å². The van der Waals surface area contributed by atoms with Crippen LogP contribution in [-0.2, 0) is 12.8 Å². The molecule has 3 heteroatoms. The number of anilines is 2. The average molecular weight is 312 g/mol. The third-order valence-electron chi connectivity index (χ3n) is 3.62. The van der Waals surface area contributed by atoms with Gasteiger partial charge in [-0.1, -0.05) is 44.5 Å². The molecule has 0 fully saturated rings. The number of rotatable bonds is 6. The van der Waals surface area contributed by atoms with Crippen LogP contribution in [0, 0.1) is 0 Å². The molecule has 0 aliphatic carbocycles. The Morgan fingerprint density at radius 3 is 2.32 bits per heavy atom. The molecule has 2 aromatic carbocycles. The Balaban J connectivity index is 1.91. The van der Waals surface area contributed by atoms with Crippen molar-refractivity contribution in [1.82, 2.24) is 0 Å². The highest BCUT2D eigenvalue weighted by Gasteiger charge is 2.00. The van der Waals surface area contributed by atoms with Gasteiger partial charge in [0.2, 0.25) is 0 Å². The van der Waals surface area contributed by atoms with E-state index in [1.54, 1.807) is 0 Å². The van der Waals surface area contributed by atoms with E-state index in [2.05, 4.69) is 60.9 Å². The molecule has 2 nitrogen and oxygen atoms in total. The molecule has 0 aromatic heterocycles. The van der Waals surface area contributed by atoms with Crippen LogP contribution in [0.5, 0.6) is 0 Å². The van der Waals surface area contributed by atoms with Gasteiger partial charge in [0.1, 0.15) is 0 Å². The van der Waals surface area contributed by atoms with Gasteiger partial charge in [0.25, 0.3) is 0 Å². The Bertz CT molecular complexity index is 605. The molecular weight excluding hydrogens is 288 g/mol. The second-order valence-electron chi connectivity index (χ2n) is 5.43. The Morgan fingerprint density at radius 2 is 1.64 bits per heavy atom. The molecule has 0 heterocycles. The van der Waals surface area contributed by atoms with E-state index in [0.717, 1.165) is 24.2 Å². The summed E-state index contributed by atoms with van der Waals surface area (Å²) in [5.74, 6) is 0. The van der Waals surface area contributed by atoms with Gasteiger partial charge in [-0.05, 0) is 66.9 Å². The first kappa shape index (κ1) is 16.5. The summed E-state index contributed by atoms with van der Waals surface area (Å²) in [5, 5.41) is 7.09. The normalized spacial score (nSPS) is 10.3. The highest BCUT2D eigenvalue weighted by atomic mass is 32.1. The van der Waals surface area contributed by atoms with Gasteiger partial charge >= 0.3 is 0 Å². The lowest BCUT2D eigenvalue weighted by molar-refractivity contribution is 0.795. The molecule has 2 N–H and O–H groups in total. The molecule has 0 unspecified atom stereocenters. The van der Waals surface area contributed by atoms with E-state index in [1.165, 1.54) is 24.0 Å². The first-order valence-corrected chi connectivity index (χ1v) is 8.38. The van der Waals surface area contributed by atoms with Crippen LogP contribution in [-0.4, -0.2) is 5.11 Å². The number of hydrogen-bond donors (Lipinski definition) is 2. The third-order valence-corrected chi connectivity index (χ3v) is 3.83. The summed E-state index contributed by atoms with van der Waals surface area (Å²) in [4.78, 5) is 0. The zero-order valence-electron chi connectivity index (χ0n) is 13.4. The van der Waals surface area contributed by atoms with Gasteiger partial charge in [-0.2, -0.15) is 0 Å². The van der Waals surface area contributed by atoms with Crippen molar-refractivity contribution in [2.24, 2.45) is 0 Å². The van der Waals surface area contributed by atoms with Gasteiger partial charge in [-0.25, -0.2) is 0 Å². The van der Waals surface area contributed by atoms with E-state index in [-0.39, 0.29) is 0 Å². The molecule has 0 aliphatic rings. The fraction of sp³-hybridized carbons (Fsp3) is 0.316. The van der Waals surface area contributed by atoms with Gasteiger partial charge in [-0.3, -0.25) is 0 Å². The number of unbranched alkanes of at least 4 members (excludes halogenated alkanes) is 1. The number of thiocarbonyl (C=S) groups is 1. The summed E-state index contributed by atoms with van der Waals surface area (Å²) in [6.07, 6.45) is 4.63. The molecule has 0 saturated heterocycles. The summed E-state index contributed by atoms with van der Waals surface area (Å²) >= 11 is 5.38. The van der Waals surface area contributed by atoms with Crippen molar-refractivity contribution in [3.63, 3.8) is 0 Å². The molecule has 116 valence electrons. The molecule has 0 radical (unpaired) electrons. The fourth-order valence-electron chi connectivity index (χ4n) is 2.30. The van der Waals surface area contributed by atoms with Crippen molar-refractivity contribution >= 4 is 28.7 Å². The molecule has 0 saturated carbocycles. The lowest BCUT2D eigenvalue weighted by Gasteiger charge is -2.12. The maximum Gasteiger partial charge on any atom is 0.175 e. The van der Waals surface area contributed by atoms with Crippen LogP contribution in [0.2, 0.25) is 0 Å². The van der Waals surface area contributed by atoms with E-state index >= 15 is 0 Å². The number of aryl methyl sites for hydroxylation is 2. The van der Waals surface area contributed by atoms with Crippen LogP contribution < -0.4 is 10.6 Å². The Morgan fingerprint density at radius 1 is 0.909 bits per heavy atom. The molecule has 2 rings (SSSR count). The molecule has 0 amide bonds. The van der Waals surface area contributed by atoms with Crippen molar-refractivity contribution in [2.45, 2.75) is 39.5 Å². The largest absolute Gasteiger partial charge is 0.332 e. The van der Waals surface area contributed by atoms with Crippen molar-refractivity contribution in [3.8, 4) is 0 Å². The summed E-state index contributed by atoms with van der Waals surface area (Å²) < 4.78 is 0. The van der Waals surface area contributed by atoms with E-state index in [0.29, 0.717) is 5.11 Å². The van der Waals surface area contributed by atoms with Gasteiger partial charge < -0.3 is 10.6 Å². The standard InChI is InChI=1S/C19H24N2S/c1-3-5-7-16-10-12-17(13-11-16)20-19(22)21-18-9-6-8-15(4-2)14-18/h6,8-14H,3-5,7H2,1-2H3,(H2,20,21,22). The smallest absolute Gasteiger partial charge is 0.175 e. The lowest BCUT2D eigenvalue weighted by atomic mass is 10.1. The zero-order valence-corrected chi connectivity index (χ0v) is 14.2. The van der Waals surface area contributed by atoms with Crippen molar-refractivity contribution in [1.29, 1.82) is 0 Å². The Labute approximate surface area is 139 Å². The van der Waals surface area contributed by atoms with Gasteiger partial charge in [0.05, 0.1) is 0 Å². The van der Waals surface area contributed by atoms with Crippen LogP contribution in [0.4, 0.5) is 11.4 Å². The predicted molar refractivity (Wildman–Crippen MR) is 101 cm³/mol. The highest BCUT2D eigenvalue weighted by Crippen LogP contribution is 2.14. The van der Waals surface area contributed by atoms with Crippen LogP contribution in [0.15, 0.2) is 48.5 Å². The highest BCUT2D eigenvalue weighted by molar-refractivity contribution is 7.80. The zero-order chi connectivity index (χ0) is 15.8. The molecule has 0 bridgehead atoms. The number of benzene rings is 2. The Hall–Kier alpha value is -1.87. The monoisotopic (exact) mass is 312 g/mol. The second-order valence-corrected chi connectivity index (χ2v) is 5.84. The molecule has 22 heavy (non-hydrogen) atoms. The van der Waals surface area contributed by atoms with Crippen molar-refractivity contribution in [2.75, 3.05) is 10.6 Å². The molecule has 0 atom stereocenters. The summed E-state index contributed by atoms with van der Waals surface area (Å²) in [6.45, 7) is 4.36. The molecule has 0 spiro atoms. The van der Waals surface area contributed by atoms with Crippen molar-refractivity contribution in [3.05, 3.63) is 59.7 Å². The first-order valence-electron chi connectivity index (χ1n) is 7.97. The minimum atomic E-state index is 0.620. The van der Waals surface area contributed by atoms with Gasteiger partial charge in [0, 0.05) is 11.4 Å². The quantitative estimate of drug-likeness (QED) is 0.698. The summed E-state index contributed by atoms with van der Waals surface area (Å²) in [7, 11) is 0. The maximum atomic E-state index is 5.38. The van der Waals surface area contributed by atoms with Crippen molar-refractivity contribution < 1.29 is 0 Å². The fourth-order valence-corrected chi connectivity index (χ4v) is 2.53. The predicted octanol–water partition coefficient (Wildman–Crippen LogP) is 5.40. The summed E-state index contributed by atoms with van der Waals surface area (Å²) in [6, 6.07) is 16.8. The van der Waals surface area contributed by atoms with Crippen LogP contribution in [0.25, 0.3) is 0 Å². The van der Waals surface area contributed by atoms with Gasteiger partial charge in [-0.15, -0.1) is 0 Å². The van der Waals surface area contributed by atoms with E-state index < -0.39 is 0 Å². The first-order chi connectivity index (χ1) is 10.7. The molecule has 0 aliphatic heterocycles.